The molecule has 0 aromatic carbocycles. The number of nitrogens with two attached hydrogens (primary N) is 1. The number of hydrogen-bond acceptors (Lipinski definition) is 5. The number of amides is 1. The zero-order valence-corrected chi connectivity index (χ0v) is 12.8. The number of carbonyl (C=O) groups is 1. The summed E-state index contributed by atoms with van der Waals surface area (Å²) in [6.45, 7) is 8.22. The lowest BCUT2D eigenvalue weighted by Crippen LogP contribution is -2.50. The standard InChI is InChI=1S/C13H22N4OS/c1-7-10(14)6-5-9(13(7,3)4)11(18)16-12-15-8(2)17-19-12/h7,9-10H,5-6,14H2,1-4H3,(H,15,16,17,18). The van der Waals surface area contributed by atoms with Crippen LogP contribution in [0.2, 0.25) is 0 Å². The summed E-state index contributed by atoms with van der Waals surface area (Å²) in [6.07, 6.45) is 1.74. The Kier molecular flexibility index (Phi) is 3.92. The van der Waals surface area contributed by atoms with Gasteiger partial charge in [-0.2, -0.15) is 4.37 Å². The normalized spacial score (nSPS) is 30.1. The van der Waals surface area contributed by atoms with Gasteiger partial charge in [0, 0.05) is 23.5 Å². The summed E-state index contributed by atoms with van der Waals surface area (Å²) in [5.74, 6) is 1.04. The van der Waals surface area contributed by atoms with Crippen LogP contribution in [0.25, 0.3) is 0 Å². The fourth-order valence-electron chi connectivity index (χ4n) is 2.86. The average molecular weight is 282 g/mol. The third-order valence-electron chi connectivity index (χ3n) is 4.58. The zero-order valence-electron chi connectivity index (χ0n) is 11.9. The van der Waals surface area contributed by atoms with Crippen molar-refractivity contribution in [3.8, 4) is 0 Å². The molecule has 1 aliphatic carbocycles. The van der Waals surface area contributed by atoms with Crippen LogP contribution in [0.1, 0.15) is 39.4 Å². The number of rotatable bonds is 2. The van der Waals surface area contributed by atoms with Crippen molar-refractivity contribution in [2.75, 3.05) is 5.32 Å². The molecule has 3 unspecified atom stereocenters. The van der Waals surface area contributed by atoms with Crippen molar-refractivity contribution >= 4 is 22.6 Å². The van der Waals surface area contributed by atoms with Crippen molar-refractivity contribution in [1.29, 1.82) is 0 Å². The van der Waals surface area contributed by atoms with Crippen LogP contribution in [0.5, 0.6) is 0 Å². The molecule has 3 atom stereocenters. The largest absolute Gasteiger partial charge is 0.327 e. The third-order valence-corrected chi connectivity index (χ3v) is 5.30. The second-order valence-electron chi connectivity index (χ2n) is 6.04. The van der Waals surface area contributed by atoms with Crippen LogP contribution in [-0.2, 0) is 4.79 Å². The van der Waals surface area contributed by atoms with Gasteiger partial charge in [-0.1, -0.05) is 20.8 Å². The maximum Gasteiger partial charge on any atom is 0.229 e. The lowest BCUT2D eigenvalue weighted by molar-refractivity contribution is -0.127. The van der Waals surface area contributed by atoms with Gasteiger partial charge in [-0.05, 0) is 31.1 Å². The van der Waals surface area contributed by atoms with Crippen molar-refractivity contribution in [2.45, 2.75) is 46.6 Å². The molecule has 0 aliphatic heterocycles. The second kappa shape index (κ2) is 5.17. The number of carbonyl (C=O) groups excluding carboxylic acids is 1. The van der Waals surface area contributed by atoms with Gasteiger partial charge < -0.3 is 11.1 Å². The van der Waals surface area contributed by atoms with Gasteiger partial charge in [-0.25, -0.2) is 4.98 Å². The van der Waals surface area contributed by atoms with E-state index >= 15 is 0 Å². The quantitative estimate of drug-likeness (QED) is 0.871. The minimum atomic E-state index is -0.0958. The molecule has 2 rings (SSSR count). The fraction of sp³-hybridized carbons (Fsp3) is 0.769. The molecule has 1 saturated carbocycles. The molecular formula is C13H22N4OS. The van der Waals surface area contributed by atoms with Crippen molar-refractivity contribution in [3.05, 3.63) is 5.82 Å². The first-order chi connectivity index (χ1) is 8.82. The molecule has 1 heterocycles. The summed E-state index contributed by atoms with van der Waals surface area (Å²) >= 11 is 1.23. The molecule has 1 fully saturated rings. The number of nitrogens with one attached hydrogen (secondary N) is 1. The number of hydrogen-bond donors (Lipinski definition) is 2. The summed E-state index contributed by atoms with van der Waals surface area (Å²) in [4.78, 5) is 16.6. The maximum absolute atomic E-state index is 12.4. The van der Waals surface area contributed by atoms with Crippen LogP contribution in [0.4, 0.5) is 5.13 Å². The van der Waals surface area contributed by atoms with Crippen molar-refractivity contribution in [3.63, 3.8) is 0 Å². The first kappa shape index (κ1) is 14.4. The molecule has 6 heteroatoms. The Morgan fingerprint density at radius 1 is 1.47 bits per heavy atom. The van der Waals surface area contributed by atoms with E-state index in [2.05, 4.69) is 35.4 Å². The van der Waals surface area contributed by atoms with Crippen LogP contribution < -0.4 is 11.1 Å². The Bertz CT molecular complexity index is 471. The van der Waals surface area contributed by atoms with Crippen LogP contribution in [-0.4, -0.2) is 21.3 Å². The summed E-state index contributed by atoms with van der Waals surface area (Å²) < 4.78 is 4.07. The molecule has 1 aromatic heterocycles. The number of aryl methyl sites for hydroxylation is 1. The van der Waals surface area contributed by atoms with E-state index in [4.69, 9.17) is 5.73 Å². The summed E-state index contributed by atoms with van der Waals surface area (Å²) in [5.41, 5.74) is 6.02. The molecule has 1 aromatic rings. The lowest BCUT2D eigenvalue weighted by Gasteiger charge is -2.45. The summed E-state index contributed by atoms with van der Waals surface area (Å²) in [6, 6.07) is 0.183. The van der Waals surface area contributed by atoms with E-state index in [0.29, 0.717) is 16.9 Å². The molecule has 1 aliphatic rings. The molecule has 1 amide bonds. The number of anilines is 1. The smallest absolute Gasteiger partial charge is 0.229 e. The van der Waals surface area contributed by atoms with Gasteiger partial charge in [0.2, 0.25) is 11.0 Å². The third kappa shape index (κ3) is 2.79. The molecule has 0 saturated heterocycles. The zero-order chi connectivity index (χ0) is 14.2. The molecular weight excluding hydrogens is 260 g/mol. The van der Waals surface area contributed by atoms with Gasteiger partial charge >= 0.3 is 0 Å². The lowest BCUT2D eigenvalue weighted by atomic mass is 9.61. The fourth-order valence-corrected chi connectivity index (χ4v) is 3.44. The van der Waals surface area contributed by atoms with Crippen molar-refractivity contribution in [2.24, 2.45) is 23.0 Å². The summed E-state index contributed by atoms with van der Waals surface area (Å²) in [7, 11) is 0. The molecule has 0 spiro atoms. The summed E-state index contributed by atoms with van der Waals surface area (Å²) in [5, 5.41) is 3.47. The Labute approximate surface area is 118 Å². The van der Waals surface area contributed by atoms with E-state index in [0.717, 1.165) is 12.8 Å². The second-order valence-corrected chi connectivity index (χ2v) is 6.79. The first-order valence-corrected chi connectivity index (χ1v) is 7.46. The van der Waals surface area contributed by atoms with Crippen molar-refractivity contribution < 1.29 is 4.79 Å². The topological polar surface area (TPSA) is 80.9 Å². The highest BCUT2D eigenvalue weighted by atomic mass is 32.1. The molecule has 19 heavy (non-hydrogen) atoms. The Morgan fingerprint density at radius 3 is 2.74 bits per heavy atom. The van der Waals surface area contributed by atoms with Gasteiger partial charge in [-0.3, -0.25) is 4.79 Å². The highest BCUT2D eigenvalue weighted by molar-refractivity contribution is 7.09. The number of aromatic nitrogens is 2. The molecule has 0 radical (unpaired) electrons. The minimum Gasteiger partial charge on any atom is -0.327 e. The van der Waals surface area contributed by atoms with Crippen LogP contribution in [0.3, 0.4) is 0 Å². The van der Waals surface area contributed by atoms with Gasteiger partial charge in [-0.15, -0.1) is 0 Å². The Hall–Kier alpha value is -1.01. The SMILES string of the molecule is Cc1nsc(NC(=O)C2CCC(N)C(C)C2(C)C)n1. The maximum atomic E-state index is 12.4. The molecule has 3 N–H and O–H groups in total. The highest BCUT2D eigenvalue weighted by Gasteiger charge is 2.45. The van der Waals surface area contributed by atoms with Gasteiger partial charge in [0.05, 0.1) is 0 Å². The van der Waals surface area contributed by atoms with Gasteiger partial charge in [0.1, 0.15) is 5.82 Å². The van der Waals surface area contributed by atoms with E-state index in [1.807, 2.05) is 6.92 Å². The molecule has 0 bridgehead atoms. The number of nitrogens with zero attached hydrogens (tertiary/aromatic N) is 2. The molecule has 5 nitrogen and oxygen atoms in total. The predicted molar refractivity (Wildman–Crippen MR) is 76.9 cm³/mol. The van der Waals surface area contributed by atoms with E-state index in [1.165, 1.54) is 11.5 Å². The van der Waals surface area contributed by atoms with E-state index < -0.39 is 0 Å². The van der Waals surface area contributed by atoms with E-state index in [1.54, 1.807) is 0 Å². The van der Waals surface area contributed by atoms with Crippen LogP contribution in [0.15, 0.2) is 0 Å². The Morgan fingerprint density at radius 2 is 2.16 bits per heavy atom. The first-order valence-electron chi connectivity index (χ1n) is 6.69. The monoisotopic (exact) mass is 282 g/mol. The Balaban J connectivity index is 2.10. The minimum absolute atomic E-state index is 0.0218. The van der Waals surface area contributed by atoms with Crippen LogP contribution >= 0.6 is 11.5 Å². The van der Waals surface area contributed by atoms with E-state index in [9.17, 15) is 4.79 Å². The van der Waals surface area contributed by atoms with Crippen molar-refractivity contribution in [1.82, 2.24) is 9.36 Å². The van der Waals surface area contributed by atoms with Gasteiger partial charge in [0.25, 0.3) is 0 Å². The predicted octanol–water partition coefficient (Wildman–Crippen LogP) is 2.18. The molecule has 106 valence electrons. The highest BCUT2D eigenvalue weighted by Crippen LogP contribution is 2.44. The average Bonchev–Trinajstić information content (AvgIpc) is 2.71. The van der Waals surface area contributed by atoms with Crippen LogP contribution in [0, 0.1) is 24.2 Å². The van der Waals surface area contributed by atoms with Gasteiger partial charge in [0.15, 0.2) is 0 Å². The van der Waals surface area contributed by atoms with E-state index in [-0.39, 0.29) is 23.3 Å².